The predicted molar refractivity (Wildman–Crippen MR) is 123 cm³/mol. The van der Waals surface area contributed by atoms with Crippen molar-refractivity contribution in [2.45, 2.75) is 20.3 Å². The van der Waals surface area contributed by atoms with Crippen LogP contribution in [0.3, 0.4) is 0 Å². The highest BCUT2D eigenvalue weighted by Gasteiger charge is 2.40. The first kappa shape index (κ1) is 21.0. The quantitative estimate of drug-likeness (QED) is 0.344. The molecule has 2 amide bonds. The molecular weight excluding hydrogens is 406 g/mol. The second kappa shape index (κ2) is 8.47. The van der Waals surface area contributed by atoms with Crippen molar-refractivity contribution in [3.8, 4) is 0 Å². The van der Waals surface area contributed by atoms with Gasteiger partial charge in [0.25, 0.3) is 17.5 Å². The predicted octanol–water partition coefficient (Wildman–Crippen LogP) is 4.86. The SMILES string of the molecule is CCc1ccc(N2C(=O)C(Nc3cccc(C)c3)=C(c3ccc([N+](=O)[O-])cc3)C2=O)cc1. The lowest BCUT2D eigenvalue weighted by molar-refractivity contribution is -0.384. The zero-order chi connectivity index (χ0) is 22.8. The minimum atomic E-state index is -0.507. The molecule has 1 N–H and O–H groups in total. The van der Waals surface area contributed by atoms with Crippen LogP contribution in [0.5, 0.6) is 0 Å². The van der Waals surface area contributed by atoms with E-state index in [2.05, 4.69) is 5.32 Å². The van der Waals surface area contributed by atoms with Gasteiger partial charge in [-0.15, -0.1) is 0 Å². The number of rotatable bonds is 6. The van der Waals surface area contributed by atoms with E-state index < -0.39 is 16.7 Å². The van der Waals surface area contributed by atoms with Gasteiger partial charge in [0.15, 0.2) is 0 Å². The van der Waals surface area contributed by atoms with Gasteiger partial charge in [0.2, 0.25) is 0 Å². The number of amides is 2. The second-order valence-electron chi connectivity index (χ2n) is 7.51. The van der Waals surface area contributed by atoms with Crippen LogP contribution in [-0.2, 0) is 16.0 Å². The molecule has 0 bridgehead atoms. The maximum absolute atomic E-state index is 13.4. The lowest BCUT2D eigenvalue weighted by Gasteiger charge is -2.16. The number of aryl methyl sites for hydroxylation is 2. The number of non-ortho nitro benzene ring substituents is 1. The van der Waals surface area contributed by atoms with E-state index >= 15 is 0 Å². The van der Waals surface area contributed by atoms with Crippen molar-refractivity contribution in [3.63, 3.8) is 0 Å². The third-order valence-corrected chi connectivity index (χ3v) is 5.34. The summed E-state index contributed by atoms with van der Waals surface area (Å²) >= 11 is 0. The zero-order valence-corrected chi connectivity index (χ0v) is 17.7. The Hall–Kier alpha value is -4.26. The lowest BCUT2D eigenvalue weighted by Crippen LogP contribution is -2.32. The van der Waals surface area contributed by atoms with E-state index in [0.717, 1.165) is 22.4 Å². The van der Waals surface area contributed by atoms with Crippen molar-refractivity contribution in [2.75, 3.05) is 10.2 Å². The summed E-state index contributed by atoms with van der Waals surface area (Å²) < 4.78 is 0. The van der Waals surface area contributed by atoms with Crippen molar-refractivity contribution in [1.29, 1.82) is 0 Å². The van der Waals surface area contributed by atoms with E-state index in [1.54, 1.807) is 12.1 Å². The smallest absolute Gasteiger partial charge is 0.282 e. The minimum absolute atomic E-state index is 0.0914. The molecule has 7 nitrogen and oxygen atoms in total. The Bertz CT molecular complexity index is 1240. The zero-order valence-electron chi connectivity index (χ0n) is 17.7. The van der Waals surface area contributed by atoms with Crippen LogP contribution >= 0.6 is 0 Å². The van der Waals surface area contributed by atoms with Gasteiger partial charge in [0.05, 0.1) is 16.2 Å². The Morgan fingerprint density at radius 3 is 2.22 bits per heavy atom. The number of nitrogens with one attached hydrogen (secondary N) is 1. The van der Waals surface area contributed by atoms with E-state index in [-0.39, 0.29) is 17.0 Å². The molecule has 0 saturated carbocycles. The first-order chi connectivity index (χ1) is 15.4. The van der Waals surface area contributed by atoms with E-state index in [0.29, 0.717) is 16.9 Å². The van der Waals surface area contributed by atoms with Crippen LogP contribution in [-0.4, -0.2) is 16.7 Å². The molecule has 0 aromatic heterocycles. The third kappa shape index (κ3) is 3.88. The maximum Gasteiger partial charge on any atom is 0.282 e. The van der Waals surface area contributed by atoms with E-state index in [1.807, 2.05) is 50.2 Å². The average Bonchev–Trinajstić information content (AvgIpc) is 3.03. The fraction of sp³-hybridized carbons (Fsp3) is 0.120. The van der Waals surface area contributed by atoms with Crippen LogP contribution < -0.4 is 10.2 Å². The molecule has 0 spiro atoms. The van der Waals surface area contributed by atoms with Crippen molar-refractivity contribution in [1.82, 2.24) is 0 Å². The Labute approximate surface area is 185 Å². The van der Waals surface area contributed by atoms with Gasteiger partial charge in [0.1, 0.15) is 5.70 Å². The number of nitro groups is 1. The van der Waals surface area contributed by atoms with Crippen molar-refractivity contribution >= 4 is 34.4 Å². The lowest BCUT2D eigenvalue weighted by atomic mass is 10.0. The van der Waals surface area contributed by atoms with Gasteiger partial charge >= 0.3 is 0 Å². The number of nitro benzene ring substituents is 1. The van der Waals surface area contributed by atoms with Crippen molar-refractivity contribution < 1.29 is 14.5 Å². The summed E-state index contributed by atoms with van der Waals surface area (Å²) in [6, 6.07) is 20.3. The Morgan fingerprint density at radius 1 is 0.938 bits per heavy atom. The number of anilines is 2. The van der Waals surface area contributed by atoms with Crippen molar-refractivity contribution in [3.05, 3.63) is 105 Å². The average molecular weight is 427 g/mol. The molecule has 0 fully saturated rings. The molecule has 0 unspecified atom stereocenters. The summed E-state index contributed by atoms with van der Waals surface area (Å²) in [6.45, 7) is 3.96. The molecule has 0 saturated heterocycles. The van der Waals surface area contributed by atoms with Crippen LogP contribution in [0.15, 0.2) is 78.5 Å². The molecule has 1 aliphatic rings. The molecule has 1 heterocycles. The van der Waals surface area contributed by atoms with Gasteiger partial charge in [-0.3, -0.25) is 19.7 Å². The molecule has 1 aliphatic heterocycles. The highest BCUT2D eigenvalue weighted by atomic mass is 16.6. The molecule has 3 aromatic rings. The Kier molecular flexibility index (Phi) is 5.55. The molecule has 3 aromatic carbocycles. The van der Waals surface area contributed by atoms with Crippen LogP contribution in [0.4, 0.5) is 17.1 Å². The molecule has 0 aliphatic carbocycles. The van der Waals surface area contributed by atoms with Gasteiger partial charge in [-0.05, 0) is 66.4 Å². The summed E-state index contributed by atoms with van der Waals surface area (Å²) in [5.74, 6) is -0.961. The van der Waals surface area contributed by atoms with Crippen LogP contribution in [0.25, 0.3) is 5.57 Å². The normalized spacial score (nSPS) is 13.6. The first-order valence-corrected chi connectivity index (χ1v) is 10.2. The topological polar surface area (TPSA) is 92.6 Å². The van der Waals surface area contributed by atoms with E-state index in [9.17, 15) is 19.7 Å². The summed E-state index contributed by atoms with van der Waals surface area (Å²) in [5.41, 5.74) is 3.87. The van der Waals surface area contributed by atoms with E-state index in [4.69, 9.17) is 0 Å². The Morgan fingerprint density at radius 2 is 1.62 bits per heavy atom. The molecule has 4 rings (SSSR count). The van der Waals surface area contributed by atoms with Crippen LogP contribution in [0.2, 0.25) is 0 Å². The van der Waals surface area contributed by atoms with Crippen LogP contribution in [0.1, 0.15) is 23.6 Å². The van der Waals surface area contributed by atoms with Gasteiger partial charge < -0.3 is 5.32 Å². The molecule has 0 atom stereocenters. The highest BCUT2D eigenvalue weighted by Crippen LogP contribution is 2.34. The van der Waals surface area contributed by atoms with Gasteiger partial charge in [-0.2, -0.15) is 0 Å². The number of carbonyl (C=O) groups excluding carboxylic acids is 2. The summed E-state index contributed by atoms with van der Waals surface area (Å²) in [4.78, 5) is 38.5. The molecule has 7 heteroatoms. The number of carbonyl (C=O) groups is 2. The molecule has 0 radical (unpaired) electrons. The minimum Gasteiger partial charge on any atom is -0.350 e. The summed E-state index contributed by atoms with van der Waals surface area (Å²) in [7, 11) is 0. The first-order valence-electron chi connectivity index (χ1n) is 10.2. The monoisotopic (exact) mass is 427 g/mol. The third-order valence-electron chi connectivity index (χ3n) is 5.34. The number of nitrogens with zero attached hydrogens (tertiary/aromatic N) is 2. The van der Waals surface area contributed by atoms with Gasteiger partial charge in [-0.25, -0.2) is 4.90 Å². The number of hydrogen-bond donors (Lipinski definition) is 1. The highest BCUT2D eigenvalue weighted by molar-refractivity contribution is 6.46. The number of benzene rings is 3. The van der Waals surface area contributed by atoms with Crippen LogP contribution in [0, 0.1) is 17.0 Å². The van der Waals surface area contributed by atoms with Gasteiger partial charge in [-0.1, -0.05) is 31.2 Å². The second-order valence-corrected chi connectivity index (χ2v) is 7.51. The maximum atomic E-state index is 13.4. The van der Waals surface area contributed by atoms with E-state index in [1.165, 1.54) is 24.3 Å². The molecule has 160 valence electrons. The standard InChI is InChI=1S/C25H21N3O4/c1-3-17-7-11-20(12-8-17)27-24(29)22(18-9-13-21(14-10-18)28(31)32)23(25(27)30)26-19-6-4-5-16(2)15-19/h4-15,26H,3H2,1-2H3. The number of imide groups is 1. The number of hydrogen-bond acceptors (Lipinski definition) is 5. The van der Waals surface area contributed by atoms with Gasteiger partial charge in [0, 0.05) is 17.8 Å². The summed E-state index contributed by atoms with van der Waals surface area (Å²) in [5, 5.41) is 14.1. The van der Waals surface area contributed by atoms with Crippen molar-refractivity contribution in [2.24, 2.45) is 0 Å². The largest absolute Gasteiger partial charge is 0.350 e. The molecular formula is C25H21N3O4. The summed E-state index contributed by atoms with van der Waals surface area (Å²) in [6.07, 6.45) is 0.842. The fourth-order valence-corrected chi connectivity index (χ4v) is 3.65. The Balaban J connectivity index is 1.80. The fourth-order valence-electron chi connectivity index (χ4n) is 3.65. The molecule has 32 heavy (non-hydrogen) atoms.